The molecule has 0 radical (unpaired) electrons. The molecule has 11 nitrogen and oxygen atoms in total. The largest absolute Gasteiger partial charge is 0.326 e. The summed E-state index contributed by atoms with van der Waals surface area (Å²) in [4.78, 5) is 39.0. The molecule has 2 N–H and O–H groups in total. The number of nitro groups is 1. The minimum absolute atomic E-state index is 0.117. The maximum Gasteiger partial charge on any atom is 0.271 e. The highest BCUT2D eigenvalue weighted by molar-refractivity contribution is 7.22. The van der Waals surface area contributed by atoms with Crippen LogP contribution in [0.25, 0.3) is 10.2 Å². The average molecular weight is 494 g/mol. The smallest absolute Gasteiger partial charge is 0.271 e. The van der Waals surface area contributed by atoms with Crippen LogP contribution in [0.3, 0.4) is 0 Å². The number of carbonyl (C=O) groups is 2. The number of nitro benzene ring substituents is 1. The van der Waals surface area contributed by atoms with Crippen LogP contribution in [-0.2, 0) is 4.79 Å². The summed E-state index contributed by atoms with van der Waals surface area (Å²) < 4.78 is 0.821. The number of amides is 2. The molecule has 0 unspecified atom stereocenters. The lowest BCUT2D eigenvalue weighted by Crippen LogP contribution is -2.19. The van der Waals surface area contributed by atoms with Crippen LogP contribution in [0.2, 0.25) is 0 Å². The molecular formula is C21H15N7O4S2. The van der Waals surface area contributed by atoms with Crippen LogP contribution in [-0.4, -0.2) is 27.6 Å². The maximum absolute atomic E-state index is 12.4. The molecule has 4 aromatic rings. The molecular weight excluding hydrogens is 478 g/mol. The molecule has 2 aromatic carbocycles. The van der Waals surface area contributed by atoms with Gasteiger partial charge in [0.2, 0.25) is 16.9 Å². The Morgan fingerprint density at radius 1 is 1.12 bits per heavy atom. The van der Waals surface area contributed by atoms with Crippen LogP contribution in [0.1, 0.15) is 22.2 Å². The Morgan fingerprint density at radius 3 is 2.59 bits per heavy atom. The average Bonchev–Trinajstić information content (AvgIpc) is 3.48. The number of hydrogen-bond donors (Lipinski definition) is 2. The van der Waals surface area contributed by atoms with E-state index in [1.807, 2.05) is 11.4 Å². The van der Waals surface area contributed by atoms with Crippen molar-refractivity contribution in [1.29, 1.82) is 0 Å². The Balaban J connectivity index is 1.54. The normalized spacial score (nSPS) is 11.6. The van der Waals surface area contributed by atoms with E-state index < -0.39 is 10.8 Å². The van der Waals surface area contributed by atoms with E-state index in [0.717, 1.165) is 4.70 Å². The predicted molar refractivity (Wildman–Crippen MR) is 130 cm³/mol. The van der Waals surface area contributed by atoms with Gasteiger partial charge in [-0.05, 0) is 41.8 Å². The van der Waals surface area contributed by atoms with Crippen LogP contribution in [0, 0.1) is 10.1 Å². The van der Waals surface area contributed by atoms with Gasteiger partial charge in [-0.2, -0.15) is 0 Å². The Bertz CT molecular complexity index is 1430. The van der Waals surface area contributed by atoms with Crippen LogP contribution < -0.4 is 10.7 Å². The molecule has 2 amide bonds. The molecule has 0 saturated heterocycles. The number of anilines is 1. The Labute approximate surface area is 200 Å². The zero-order valence-electron chi connectivity index (χ0n) is 17.5. The lowest BCUT2D eigenvalue weighted by molar-refractivity contribution is -0.384. The number of fused-ring (bicyclic) bond motifs is 1. The van der Waals surface area contributed by atoms with Crippen LogP contribution in [0.15, 0.2) is 75.3 Å². The summed E-state index contributed by atoms with van der Waals surface area (Å²) in [6.07, 6.45) is 0. The number of benzene rings is 2. The molecule has 2 aromatic heterocycles. The van der Waals surface area contributed by atoms with Crippen molar-refractivity contribution in [1.82, 2.24) is 10.4 Å². The van der Waals surface area contributed by atoms with Crippen molar-refractivity contribution in [3.8, 4) is 0 Å². The van der Waals surface area contributed by atoms with Gasteiger partial charge in [-0.15, -0.1) is 26.7 Å². The number of nitrogens with one attached hydrogen (secondary N) is 2. The fourth-order valence-electron chi connectivity index (χ4n) is 2.76. The van der Waals surface area contributed by atoms with Gasteiger partial charge in [0, 0.05) is 30.3 Å². The topological polar surface area (TPSA) is 151 Å². The molecule has 0 fully saturated rings. The van der Waals surface area contributed by atoms with Gasteiger partial charge in [0.25, 0.3) is 11.6 Å². The van der Waals surface area contributed by atoms with E-state index in [1.165, 1.54) is 53.9 Å². The van der Waals surface area contributed by atoms with Crippen LogP contribution in [0.5, 0.6) is 0 Å². The number of azo groups is 1. The number of aromatic nitrogens is 1. The van der Waals surface area contributed by atoms with E-state index in [9.17, 15) is 19.7 Å². The van der Waals surface area contributed by atoms with E-state index in [1.54, 1.807) is 24.3 Å². The highest BCUT2D eigenvalue weighted by Crippen LogP contribution is 2.30. The van der Waals surface area contributed by atoms with Gasteiger partial charge in [-0.1, -0.05) is 17.4 Å². The quantitative estimate of drug-likeness (QED) is 0.126. The summed E-state index contributed by atoms with van der Waals surface area (Å²) in [5.74, 6) is -0.551. The molecule has 0 bridgehead atoms. The third-order valence-electron chi connectivity index (χ3n) is 4.27. The fourth-order valence-corrected chi connectivity index (χ4v) is 4.24. The van der Waals surface area contributed by atoms with E-state index in [2.05, 4.69) is 31.1 Å². The van der Waals surface area contributed by atoms with E-state index in [-0.39, 0.29) is 23.0 Å². The summed E-state index contributed by atoms with van der Waals surface area (Å²) in [5.41, 5.74) is 3.85. The first-order valence-electron chi connectivity index (χ1n) is 9.65. The summed E-state index contributed by atoms with van der Waals surface area (Å²) in [7, 11) is 0. The molecule has 2 heterocycles. The molecule has 170 valence electrons. The Hall–Kier alpha value is -4.36. The van der Waals surface area contributed by atoms with Crippen molar-refractivity contribution in [2.24, 2.45) is 15.3 Å². The number of thiazole rings is 1. The first-order chi connectivity index (χ1) is 16.4. The third-order valence-corrected chi connectivity index (χ3v) is 6.04. The standard InChI is InChI=1S/C21H15N7O4S2/c1-12(29)22-14-6-9-16-18(11-14)34-21(23-16)27-25-19(17-3-2-10-33-17)24-26-20(30)13-4-7-15(8-5-13)28(31)32/h2-11H,1H3,(H,22,29)(H,26,30)/b24-19-,27-25?. The molecule has 0 atom stereocenters. The number of hydrazone groups is 1. The number of non-ortho nitro benzene ring substituents is 1. The van der Waals surface area contributed by atoms with E-state index in [0.29, 0.717) is 21.2 Å². The number of nitrogens with zero attached hydrogens (tertiary/aromatic N) is 5. The van der Waals surface area contributed by atoms with Crippen molar-refractivity contribution in [3.63, 3.8) is 0 Å². The monoisotopic (exact) mass is 493 g/mol. The number of rotatable bonds is 6. The summed E-state index contributed by atoms with van der Waals surface area (Å²) in [6, 6.07) is 14.1. The molecule has 0 aliphatic heterocycles. The number of hydrogen-bond acceptors (Lipinski definition) is 9. The van der Waals surface area contributed by atoms with Gasteiger partial charge < -0.3 is 5.32 Å². The summed E-state index contributed by atoms with van der Waals surface area (Å²) >= 11 is 2.65. The van der Waals surface area contributed by atoms with Gasteiger partial charge in [0.1, 0.15) is 0 Å². The number of carbonyl (C=O) groups excluding carboxylic acids is 2. The zero-order chi connectivity index (χ0) is 24.1. The van der Waals surface area contributed by atoms with Crippen molar-refractivity contribution >= 4 is 67.0 Å². The zero-order valence-corrected chi connectivity index (χ0v) is 19.1. The lowest BCUT2D eigenvalue weighted by Gasteiger charge is -2.01. The van der Waals surface area contributed by atoms with Gasteiger partial charge in [0.15, 0.2) is 0 Å². The van der Waals surface area contributed by atoms with Gasteiger partial charge in [0.05, 0.1) is 20.0 Å². The van der Waals surface area contributed by atoms with Crippen molar-refractivity contribution in [2.45, 2.75) is 6.92 Å². The van der Waals surface area contributed by atoms with Crippen LogP contribution in [0.4, 0.5) is 16.5 Å². The molecule has 0 spiro atoms. The van der Waals surface area contributed by atoms with Gasteiger partial charge in [-0.25, -0.2) is 10.4 Å². The fraction of sp³-hybridized carbons (Fsp3) is 0.0476. The SMILES string of the molecule is CC(=O)Nc1ccc2nc(N=N/C(=N\NC(=O)c3ccc([N+](=O)[O-])cc3)c3cccs3)sc2c1. The van der Waals surface area contributed by atoms with Gasteiger partial charge in [-0.3, -0.25) is 19.7 Å². The van der Waals surface area contributed by atoms with Crippen molar-refractivity contribution < 1.29 is 14.5 Å². The second-order valence-electron chi connectivity index (χ2n) is 6.72. The third kappa shape index (κ3) is 5.51. The number of amidine groups is 1. The predicted octanol–water partition coefficient (Wildman–Crippen LogP) is 5.10. The second kappa shape index (κ2) is 10.1. The molecule has 0 aliphatic rings. The molecule has 0 saturated carbocycles. The first-order valence-corrected chi connectivity index (χ1v) is 11.3. The summed E-state index contributed by atoms with van der Waals surface area (Å²) in [6.45, 7) is 1.43. The highest BCUT2D eigenvalue weighted by Gasteiger charge is 2.11. The molecule has 13 heteroatoms. The Morgan fingerprint density at radius 2 is 1.91 bits per heavy atom. The minimum atomic E-state index is -0.551. The molecule has 0 aliphatic carbocycles. The Kier molecular flexibility index (Phi) is 6.75. The maximum atomic E-state index is 12.4. The number of thiophene rings is 1. The van der Waals surface area contributed by atoms with Crippen LogP contribution >= 0.6 is 22.7 Å². The van der Waals surface area contributed by atoms with Crippen molar-refractivity contribution in [3.05, 3.63) is 80.5 Å². The van der Waals surface area contributed by atoms with Gasteiger partial charge >= 0.3 is 0 Å². The molecule has 34 heavy (non-hydrogen) atoms. The van der Waals surface area contributed by atoms with E-state index >= 15 is 0 Å². The molecule has 4 rings (SSSR count). The highest BCUT2D eigenvalue weighted by atomic mass is 32.1. The summed E-state index contributed by atoms with van der Waals surface area (Å²) in [5, 5.41) is 28.1. The van der Waals surface area contributed by atoms with Crippen molar-refractivity contribution in [2.75, 3.05) is 5.32 Å². The minimum Gasteiger partial charge on any atom is -0.326 e. The second-order valence-corrected chi connectivity index (χ2v) is 8.67. The first kappa shape index (κ1) is 22.8. The van der Waals surface area contributed by atoms with E-state index in [4.69, 9.17) is 0 Å². The lowest BCUT2D eigenvalue weighted by atomic mass is 10.2.